The van der Waals surface area contributed by atoms with Crippen LogP contribution in [0.3, 0.4) is 0 Å². The van der Waals surface area contributed by atoms with E-state index >= 15 is 0 Å². The number of alkyl halides is 3. The molecule has 14 heteroatoms. The fourth-order valence-corrected chi connectivity index (χ4v) is 7.08. The van der Waals surface area contributed by atoms with Crippen LogP contribution in [0, 0.1) is 6.92 Å². The molecule has 2 N–H and O–H groups in total. The minimum absolute atomic E-state index is 0.0764. The molecule has 38 heavy (non-hydrogen) atoms. The number of sulfonamides is 2. The molecule has 0 aliphatic heterocycles. The van der Waals surface area contributed by atoms with Crippen LogP contribution in [-0.4, -0.2) is 23.2 Å². The van der Waals surface area contributed by atoms with Crippen molar-refractivity contribution in [2.24, 2.45) is 0 Å². The molecule has 3 aromatic carbocycles. The van der Waals surface area contributed by atoms with Gasteiger partial charge >= 0.3 is 6.36 Å². The molecular weight excluding hydrogens is 585 g/mol. The molecule has 4 rings (SSSR count). The normalized spacial score (nSPS) is 12.2. The molecule has 0 bridgehead atoms. The lowest BCUT2D eigenvalue weighted by Crippen LogP contribution is -2.18. The van der Waals surface area contributed by atoms with E-state index in [-0.39, 0.29) is 24.8 Å². The molecule has 0 aliphatic carbocycles. The van der Waals surface area contributed by atoms with E-state index in [1.807, 2.05) is 25.1 Å². The first kappa shape index (κ1) is 27.8. The number of rotatable bonds is 8. The molecule has 0 atom stereocenters. The van der Waals surface area contributed by atoms with E-state index in [0.717, 1.165) is 46.7 Å². The molecule has 200 valence electrons. The van der Waals surface area contributed by atoms with Gasteiger partial charge in [0.1, 0.15) is 9.96 Å². The summed E-state index contributed by atoms with van der Waals surface area (Å²) >= 11 is 6.69. The Kier molecular flexibility index (Phi) is 7.66. The number of aryl methyl sites for hydroxylation is 1. The zero-order valence-corrected chi connectivity index (χ0v) is 22.5. The van der Waals surface area contributed by atoms with Crippen molar-refractivity contribution in [1.29, 1.82) is 0 Å². The quantitative estimate of drug-likeness (QED) is 0.229. The molecule has 0 saturated heterocycles. The summed E-state index contributed by atoms with van der Waals surface area (Å²) in [5.74, 6) is -0.596. The molecule has 7 nitrogen and oxygen atoms in total. The van der Waals surface area contributed by atoms with Crippen molar-refractivity contribution in [3.05, 3.63) is 88.8 Å². The lowest BCUT2D eigenvalue weighted by Gasteiger charge is -2.17. The van der Waals surface area contributed by atoms with E-state index in [2.05, 4.69) is 14.2 Å². The highest BCUT2D eigenvalue weighted by Gasteiger charge is 2.31. The SMILES string of the molecule is Cc1ccccc1-c1ccc(NS(=O)(=O)c2ccc(Cl)s2)c(NS(=O)(=O)c2ccc(OC(F)(F)F)cc2)c1. The Morgan fingerprint density at radius 1 is 0.816 bits per heavy atom. The van der Waals surface area contributed by atoms with Gasteiger partial charge in [0.05, 0.1) is 20.6 Å². The minimum atomic E-state index is -4.94. The van der Waals surface area contributed by atoms with E-state index in [1.54, 1.807) is 12.1 Å². The number of thiophene rings is 1. The van der Waals surface area contributed by atoms with Crippen molar-refractivity contribution in [1.82, 2.24) is 0 Å². The van der Waals surface area contributed by atoms with Crippen molar-refractivity contribution in [2.75, 3.05) is 9.44 Å². The van der Waals surface area contributed by atoms with Crippen LogP contribution in [0.1, 0.15) is 5.56 Å². The molecule has 0 fully saturated rings. The predicted molar refractivity (Wildman–Crippen MR) is 141 cm³/mol. The van der Waals surface area contributed by atoms with Crippen LogP contribution in [0.4, 0.5) is 24.5 Å². The Labute approximate surface area is 226 Å². The number of hydrogen-bond acceptors (Lipinski definition) is 6. The topological polar surface area (TPSA) is 102 Å². The van der Waals surface area contributed by atoms with Crippen LogP contribution >= 0.6 is 22.9 Å². The molecule has 0 aliphatic rings. The van der Waals surface area contributed by atoms with Crippen LogP contribution < -0.4 is 14.2 Å². The van der Waals surface area contributed by atoms with Gasteiger partial charge in [0.15, 0.2) is 0 Å². The maximum absolute atomic E-state index is 13.1. The van der Waals surface area contributed by atoms with Gasteiger partial charge in [-0.1, -0.05) is 41.9 Å². The lowest BCUT2D eigenvalue weighted by atomic mass is 10.00. The van der Waals surface area contributed by atoms with Crippen molar-refractivity contribution >= 4 is 54.4 Å². The summed E-state index contributed by atoms with van der Waals surface area (Å²) in [5, 5.41) is 0. The number of ether oxygens (including phenoxy) is 1. The largest absolute Gasteiger partial charge is 0.573 e. The minimum Gasteiger partial charge on any atom is -0.406 e. The second-order valence-electron chi connectivity index (χ2n) is 7.86. The third-order valence-electron chi connectivity index (χ3n) is 5.15. The zero-order valence-electron chi connectivity index (χ0n) is 19.3. The average molecular weight is 603 g/mol. The third kappa shape index (κ3) is 6.59. The molecule has 1 aromatic heterocycles. The Hall–Kier alpha value is -3.26. The number of benzene rings is 3. The molecule has 0 radical (unpaired) electrons. The Morgan fingerprint density at radius 2 is 1.47 bits per heavy atom. The van der Waals surface area contributed by atoms with Gasteiger partial charge in [-0.3, -0.25) is 9.44 Å². The van der Waals surface area contributed by atoms with E-state index in [0.29, 0.717) is 5.56 Å². The predicted octanol–water partition coefficient (Wildman–Crippen LogP) is 6.88. The summed E-state index contributed by atoms with van der Waals surface area (Å²) in [4.78, 5) is -0.368. The van der Waals surface area contributed by atoms with Crippen LogP contribution in [-0.2, 0) is 20.0 Å². The van der Waals surface area contributed by atoms with Gasteiger partial charge in [-0.05, 0) is 72.1 Å². The summed E-state index contributed by atoms with van der Waals surface area (Å²) in [5.41, 5.74) is 2.08. The van der Waals surface area contributed by atoms with Gasteiger partial charge in [-0.2, -0.15) is 0 Å². The van der Waals surface area contributed by atoms with Gasteiger partial charge in [0.2, 0.25) is 0 Å². The van der Waals surface area contributed by atoms with Crippen LogP contribution in [0.25, 0.3) is 11.1 Å². The van der Waals surface area contributed by atoms with Crippen LogP contribution in [0.15, 0.2) is 88.0 Å². The molecule has 0 unspecified atom stereocenters. The standard InChI is InChI=1S/C24H18ClF3N2O5S3/c1-15-4-2-3-5-19(15)16-6-11-20(29-38(33,34)23-13-12-22(25)36-23)21(14-16)30-37(31,32)18-9-7-17(8-10-18)35-24(26,27)28/h2-14,29-30H,1H3. The van der Waals surface area contributed by atoms with Crippen LogP contribution in [0.2, 0.25) is 4.34 Å². The van der Waals surface area contributed by atoms with E-state index in [1.165, 1.54) is 24.3 Å². The van der Waals surface area contributed by atoms with E-state index in [4.69, 9.17) is 11.6 Å². The van der Waals surface area contributed by atoms with Crippen molar-refractivity contribution in [2.45, 2.75) is 22.4 Å². The highest BCUT2D eigenvalue weighted by Crippen LogP contribution is 2.35. The first-order valence-corrected chi connectivity index (χ1v) is 14.8. The number of nitrogens with one attached hydrogen (secondary N) is 2. The summed E-state index contributed by atoms with van der Waals surface area (Å²) in [7, 11) is -8.48. The van der Waals surface area contributed by atoms with Gasteiger partial charge < -0.3 is 4.74 Å². The molecular formula is C24H18ClF3N2O5S3. The number of anilines is 2. The molecule has 1 heterocycles. The lowest BCUT2D eigenvalue weighted by molar-refractivity contribution is -0.274. The van der Waals surface area contributed by atoms with Gasteiger partial charge in [-0.15, -0.1) is 24.5 Å². The maximum Gasteiger partial charge on any atom is 0.573 e. The van der Waals surface area contributed by atoms with Crippen molar-refractivity contribution in [3.8, 4) is 16.9 Å². The Balaban J connectivity index is 1.73. The molecule has 4 aromatic rings. The summed E-state index contributed by atoms with van der Waals surface area (Å²) < 4.78 is 98.1. The number of hydrogen-bond donors (Lipinski definition) is 2. The second-order valence-corrected chi connectivity index (χ2v) is 13.2. The van der Waals surface area contributed by atoms with Crippen molar-refractivity contribution in [3.63, 3.8) is 0 Å². The van der Waals surface area contributed by atoms with E-state index < -0.39 is 32.2 Å². The van der Waals surface area contributed by atoms with Gasteiger partial charge in [-0.25, -0.2) is 16.8 Å². The van der Waals surface area contributed by atoms with Crippen molar-refractivity contribution < 1.29 is 34.7 Å². The maximum atomic E-state index is 13.1. The fraction of sp³-hybridized carbons (Fsp3) is 0.0833. The highest BCUT2D eigenvalue weighted by atomic mass is 35.5. The van der Waals surface area contributed by atoms with E-state index in [9.17, 15) is 30.0 Å². The molecule has 0 amide bonds. The molecule has 0 saturated carbocycles. The summed E-state index contributed by atoms with van der Waals surface area (Å²) in [6, 6.07) is 18.1. The number of halogens is 4. The molecule has 0 spiro atoms. The third-order valence-corrected chi connectivity index (χ3v) is 9.62. The van der Waals surface area contributed by atoms with Crippen LogP contribution in [0.5, 0.6) is 5.75 Å². The monoisotopic (exact) mass is 602 g/mol. The first-order chi connectivity index (χ1) is 17.7. The summed E-state index contributed by atoms with van der Waals surface area (Å²) in [6.07, 6.45) is -4.94. The van der Waals surface area contributed by atoms with Gasteiger partial charge in [0.25, 0.3) is 20.0 Å². The fourth-order valence-electron chi connectivity index (χ4n) is 3.44. The highest BCUT2D eigenvalue weighted by molar-refractivity contribution is 7.94. The second kappa shape index (κ2) is 10.5. The zero-order chi connectivity index (χ0) is 27.7. The van der Waals surface area contributed by atoms with Gasteiger partial charge in [0, 0.05) is 0 Å². The Bertz CT molecular complexity index is 1690. The average Bonchev–Trinajstić information content (AvgIpc) is 3.27. The Morgan fingerprint density at radius 3 is 2.08 bits per heavy atom. The summed E-state index contributed by atoms with van der Waals surface area (Å²) in [6.45, 7) is 1.86. The smallest absolute Gasteiger partial charge is 0.406 e. The first-order valence-electron chi connectivity index (χ1n) is 10.6.